The van der Waals surface area contributed by atoms with E-state index < -0.39 is 12.1 Å². The molecule has 0 aliphatic carbocycles. The fourth-order valence-corrected chi connectivity index (χ4v) is 9.69. The molecular weight excluding hydrogens is 903 g/mol. The van der Waals surface area contributed by atoms with E-state index in [2.05, 4.69) is 104 Å². The average Bonchev–Trinajstić information content (AvgIpc) is 3.40. The Bertz CT molecular complexity index is 1350. The maximum atomic E-state index is 12.5. The molecule has 2 atom stereocenters. The van der Waals surface area contributed by atoms with Crippen LogP contribution < -0.4 is 5.32 Å². The highest BCUT2D eigenvalue weighted by Crippen LogP contribution is 2.17. The first-order chi connectivity index (χ1) is 36.7. The number of nitrogens with one attached hydrogen (secondary N) is 1. The summed E-state index contributed by atoms with van der Waals surface area (Å²) in [6.07, 6.45) is 96.1. The van der Waals surface area contributed by atoms with Crippen molar-refractivity contribution < 1.29 is 15.0 Å². The number of unbranched alkanes of at least 4 members (excludes halogenated alkanes) is 38. The zero-order valence-corrected chi connectivity index (χ0v) is 49.3. The van der Waals surface area contributed by atoms with Gasteiger partial charge in [-0.2, -0.15) is 0 Å². The minimum absolute atomic E-state index is 0.0610. The maximum absolute atomic E-state index is 12.5. The molecular formula is C70H125NO3. The molecule has 0 bridgehead atoms. The van der Waals surface area contributed by atoms with Crippen molar-refractivity contribution in [2.24, 2.45) is 0 Å². The first kappa shape index (κ1) is 71.3. The van der Waals surface area contributed by atoms with Gasteiger partial charge in [0, 0.05) is 6.42 Å². The number of carbonyl (C=O) groups excluding carboxylic acids is 1. The highest BCUT2D eigenvalue weighted by atomic mass is 16.3. The van der Waals surface area contributed by atoms with E-state index >= 15 is 0 Å². The predicted octanol–water partition coefficient (Wildman–Crippen LogP) is 22.0. The lowest BCUT2D eigenvalue weighted by atomic mass is 10.0. The topological polar surface area (TPSA) is 69.6 Å². The van der Waals surface area contributed by atoms with E-state index in [-0.39, 0.29) is 12.5 Å². The number of amides is 1. The molecule has 0 spiro atoms. The molecule has 1 amide bonds. The smallest absolute Gasteiger partial charge is 0.220 e. The molecule has 0 saturated carbocycles. The third-order valence-electron chi connectivity index (χ3n) is 14.6. The normalized spacial score (nSPS) is 13.4. The van der Waals surface area contributed by atoms with Crippen molar-refractivity contribution in [2.75, 3.05) is 6.61 Å². The number of allylic oxidation sites excluding steroid dienone is 15. The summed E-state index contributed by atoms with van der Waals surface area (Å²) in [5.74, 6) is -0.0610. The van der Waals surface area contributed by atoms with Crippen LogP contribution in [0.2, 0.25) is 0 Å². The van der Waals surface area contributed by atoms with Crippen molar-refractivity contribution in [1.82, 2.24) is 5.32 Å². The van der Waals surface area contributed by atoms with Crippen molar-refractivity contribution in [3.05, 3.63) is 97.2 Å². The van der Waals surface area contributed by atoms with E-state index in [0.29, 0.717) is 6.42 Å². The van der Waals surface area contributed by atoms with Crippen molar-refractivity contribution in [2.45, 2.75) is 334 Å². The third-order valence-corrected chi connectivity index (χ3v) is 14.6. The minimum Gasteiger partial charge on any atom is -0.394 e. The second-order valence-corrected chi connectivity index (χ2v) is 21.8. The van der Waals surface area contributed by atoms with Gasteiger partial charge in [0.2, 0.25) is 5.91 Å². The molecule has 0 heterocycles. The zero-order valence-electron chi connectivity index (χ0n) is 49.3. The van der Waals surface area contributed by atoms with Crippen LogP contribution in [0.3, 0.4) is 0 Å². The molecule has 3 N–H and O–H groups in total. The number of rotatable bonds is 59. The maximum Gasteiger partial charge on any atom is 0.220 e. The van der Waals surface area contributed by atoms with Gasteiger partial charge >= 0.3 is 0 Å². The SMILES string of the molecule is CC/C=C\C/C=C\C/C=C\C/C=C\C/C=C\C/C=C\C/C=C\CCCCCCCCCCCCCCCCCCCCCC(=O)NC(CO)C(O)/C=C/CCCCCCCCCCCCCCCCCCCCC. The Morgan fingerprint density at radius 1 is 0.338 bits per heavy atom. The molecule has 0 aromatic heterocycles. The van der Waals surface area contributed by atoms with Gasteiger partial charge in [0.25, 0.3) is 0 Å². The number of carbonyl (C=O) groups is 1. The molecule has 0 aromatic carbocycles. The Balaban J connectivity index is 3.48. The van der Waals surface area contributed by atoms with Crippen LogP contribution in [-0.4, -0.2) is 34.9 Å². The summed E-state index contributed by atoms with van der Waals surface area (Å²) >= 11 is 0. The van der Waals surface area contributed by atoms with Gasteiger partial charge in [0.1, 0.15) is 0 Å². The van der Waals surface area contributed by atoms with E-state index in [4.69, 9.17) is 0 Å². The highest BCUT2D eigenvalue weighted by Gasteiger charge is 2.18. The lowest BCUT2D eigenvalue weighted by Crippen LogP contribution is -2.45. The van der Waals surface area contributed by atoms with Crippen molar-refractivity contribution in [1.29, 1.82) is 0 Å². The molecule has 0 radical (unpaired) electrons. The van der Waals surface area contributed by atoms with Crippen LogP contribution in [0.5, 0.6) is 0 Å². The fraction of sp³-hybridized carbons (Fsp3) is 0.757. The summed E-state index contributed by atoms with van der Waals surface area (Å²) in [5, 5.41) is 23.2. The third kappa shape index (κ3) is 60.2. The molecule has 4 nitrogen and oxygen atoms in total. The second-order valence-electron chi connectivity index (χ2n) is 21.8. The molecule has 0 saturated heterocycles. The minimum atomic E-state index is -0.842. The Morgan fingerprint density at radius 3 is 0.892 bits per heavy atom. The van der Waals surface area contributed by atoms with Crippen molar-refractivity contribution >= 4 is 5.91 Å². The number of hydrogen-bond donors (Lipinski definition) is 3. The van der Waals surface area contributed by atoms with Gasteiger partial charge in [-0.05, 0) is 77.0 Å². The van der Waals surface area contributed by atoms with Crippen LogP contribution in [0.1, 0.15) is 322 Å². The van der Waals surface area contributed by atoms with Gasteiger partial charge in [0.15, 0.2) is 0 Å². The first-order valence-electron chi connectivity index (χ1n) is 32.5. The van der Waals surface area contributed by atoms with Crippen LogP contribution >= 0.6 is 0 Å². The van der Waals surface area contributed by atoms with Crippen LogP contribution in [0.4, 0.5) is 0 Å². The lowest BCUT2D eigenvalue weighted by molar-refractivity contribution is -0.123. The second kappa shape index (κ2) is 64.6. The monoisotopic (exact) mass is 1030 g/mol. The van der Waals surface area contributed by atoms with Gasteiger partial charge in [-0.25, -0.2) is 0 Å². The highest BCUT2D eigenvalue weighted by molar-refractivity contribution is 5.76. The molecule has 0 aliphatic heterocycles. The van der Waals surface area contributed by atoms with E-state index in [1.54, 1.807) is 6.08 Å². The summed E-state index contributed by atoms with van der Waals surface area (Å²) in [7, 11) is 0. The molecule has 74 heavy (non-hydrogen) atoms. The average molecular weight is 1030 g/mol. The van der Waals surface area contributed by atoms with E-state index in [1.807, 2.05) is 6.08 Å². The zero-order chi connectivity index (χ0) is 53.4. The standard InChI is InChI=1S/C70H125NO3/c1-3-5-7-9-11-13-15-17-19-21-23-25-26-27-28-29-30-31-32-33-34-35-36-37-38-39-40-41-42-43-44-46-48-50-52-54-56-58-60-62-64-66-70(74)71-68(67-72)69(73)65-63-61-59-57-55-53-51-49-47-45-24-22-20-18-16-14-12-10-8-6-4-2/h5,7,11,13,17,19,23,25,27-28,30-31,33-34,63,65,68-69,72-73H,3-4,6,8-10,12,14-16,18,20-22,24,26,29,32,35-62,64,66-67H2,1-2H3,(H,71,74)/b7-5-,13-11-,19-17-,25-23-,28-27-,31-30-,34-33-,65-63+. The van der Waals surface area contributed by atoms with Gasteiger partial charge in [-0.15, -0.1) is 0 Å². The van der Waals surface area contributed by atoms with E-state index in [0.717, 1.165) is 70.6 Å². The summed E-state index contributed by atoms with van der Waals surface area (Å²) < 4.78 is 0. The Labute approximate surface area is 462 Å². The quantitative estimate of drug-likeness (QED) is 0.0420. The molecule has 0 rings (SSSR count). The summed E-state index contributed by atoms with van der Waals surface area (Å²) in [6.45, 7) is 4.22. The summed E-state index contributed by atoms with van der Waals surface area (Å²) in [5.41, 5.74) is 0. The first-order valence-corrected chi connectivity index (χ1v) is 32.5. The Morgan fingerprint density at radius 2 is 0.595 bits per heavy atom. The van der Waals surface area contributed by atoms with Crippen LogP contribution in [-0.2, 0) is 4.79 Å². The fourth-order valence-electron chi connectivity index (χ4n) is 9.69. The molecule has 0 fully saturated rings. The largest absolute Gasteiger partial charge is 0.394 e. The van der Waals surface area contributed by atoms with Crippen molar-refractivity contribution in [3.63, 3.8) is 0 Å². The molecule has 4 heteroatoms. The van der Waals surface area contributed by atoms with Crippen LogP contribution in [0, 0.1) is 0 Å². The van der Waals surface area contributed by atoms with Crippen LogP contribution in [0.15, 0.2) is 97.2 Å². The van der Waals surface area contributed by atoms with E-state index in [9.17, 15) is 15.0 Å². The van der Waals surface area contributed by atoms with Crippen molar-refractivity contribution in [3.8, 4) is 0 Å². The Hall–Kier alpha value is -2.69. The van der Waals surface area contributed by atoms with Gasteiger partial charge in [0.05, 0.1) is 18.8 Å². The molecule has 428 valence electrons. The van der Waals surface area contributed by atoms with E-state index in [1.165, 1.54) is 231 Å². The van der Waals surface area contributed by atoms with Gasteiger partial charge in [-0.3, -0.25) is 4.79 Å². The number of aliphatic hydroxyl groups excluding tert-OH is 2. The number of aliphatic hydroxyl groups is 2. The molecule has 0 aliphatic rings. The summed E-state index contributed by atoms with van der Waals surface area (Å²) in [6, 6.07) is -0.626. The predicted molar refractivity (Wildman–Crippen MR) is 331 cm³/mol. The Kier molecular flexibility index (Phi) is 62.2. The molecule has 0 aromatic rings. The van der Waals surface area contributed by atoms with Crippen LogP contribution in [0.25, 0.3) is 0 Å². The molecule has 2 unspecified atom stereocenters. The van der Waals surface area contributed by atoms with Gasteiger partial charge in [-0.1, -0.05) is 336 Å². The summed E-state index contributed by atoms with van der Waals surface area (Å²) in [4.78, 5) is 12.5. The number of hydrogen-bond acceptors (Lipinski definition) is 3. The lowest BCUT2D eigenvalue weighted by Gasteiger charge is -2.20. The van der Waals surface area contributed by atoms with Gasteiger partial charge < -0.3 is 15.5 Å².